The number of benzene rings is 1. The minimum atomic E-state index is -1.82. The number of nitrogens with one attached hydrogen (secondary N) is 1. The van der Waals surface area contributed by atoms with Crippen molar-refractivity contribution in [1.29, 1.82) is 0 Å². The van der Waals surface area contributed by atoms with Gasteiger partial charge in [-0.2, -0.15) is 0 Å². The van der Waals surface area contributed by atoms with Crippen molar-refractivity contribution in [3.63, 3.8) is 0 Å². The lowest BCUT2D eigenvalue weighted by atomic mass is 9.59. The first-order valence-electron chi connectivity index (χ1n) is 9.26. The number of carboxylic acid groups (broad SMARTS) is 2. The van der Waals surface area contributed by atoms with Gasteiger partial charge >= 0.3 is 11.9 Å². The third-order valence-corrected chi connectivity index (χ3v) is 5.56. The third kappa shape index (κ3) is 3.84. The Hall–Kier alpha value is -2.93. The molecule has 1 aromatic heterocycles. The van der Waals surface area contributed by atoms with E-state index in [0.29, 0.717) is 6.04 Å². The van der Waals surface area contributed by atoms with Gasteiger partial charge in [0.1, 0.15) is 5.75 Å². The fourth-order valence-corrected chi connectivity index (χ4v) is 4.06. The molecule has 0 spiro atoms. The predicted molar refractivity (Wildman–Crippen MR) is 102 cm³/mol. The van der Waals surface area contributed by atoms with Crippen LogP contribution in [0.1, 0.15) is 42.1 Å². The molecule has 0 bridgehead atoms. The summed E-state index contributed by atoms with van der Waals surface area (Å²) in [6.45, 7) is 1.04. The molecule has 2 heterocycles. The van der Waals surface area contributed by atoms with Crippen molar-refractivity contribution < 1.29 is 24.5 Å². The molecule has 2 aliphatic rings. The van der Waals surface area contributed by atoms with Crippen molar-refractivity contribution in [2.75, 3.05) is 13.7 Å². The molecule has 1 unspecified atom stereocenters. The summed E-state index contributed by atoms with van der Waals surface area (Å²) in [5, 5.41) is 18.6. The molecule has 4 rings (SSSR count). The number of nitrogens with zero attached hydrogens (tertiary/aromatic N) is 1. The number of aliphatic carboxylic acids is 2. The zero-order valence-electron chi connectivity index (χ0n) is 15.7. The van der Waals surface area contributed by atoms with Gasteiger partial charge in [0.05, 0.1) is 7.11 Å². The van der Waals surface area contributed by atoms with Crippen LogP contribution in [0.3, 0.4) is 0 Å². The molecule has 1 saturated carbocycles. The Morgan fingerprint density at radius 2 is 1.93 bits per heavy atom. The SMILES string of the molecule is COc1ccc2c(c1)C(C1(c3ccccn3)CCC1)NCC2.O=C(O)C(=O)O. The van der Waals surface area contributed by atoms with E-state index in [1.165, 1.54) is 36.1 Å². The van der Waals surface area contributed by atoms with Crippen molar-refractivity contribution in [1.82, 2.24) is 10.3 Å². The maximum atomic E-state index is 9.10. The highest BCUT2D eigenvalue weighted by Crippen LogP contribution is 2.53. The first-order chi connectivity index (χ1) is 13.5. The number of aromatic nitrogens is 1. The van der Waals surface area contributed by atoms with Gasteiger partial charge in [0.25, 0.3) is 0 Å². The minimum Gasteiger partial charge on any atom is -0.497 e. The molecule has 3 N–H and O–H groups in total. The molecular formula is C21H24N2O5. The van der Waals surface area contributed by atoms with Gasteiger partial charge in [0.2, 0.25) is 0 Å². The molecule has 1 aromatic carbocycles. The second-order valence-corrected chi connectivity index (χ2v) is 7.04. The molecular weight excluding hydrogens is 360 g/mol. The van der Waals surface area contributed by atoms with E-state index in [1.807, 2.05) is 12.3 Å². The summed E-state index contributed by atoms with van der Waals surface area (Å²) in [6.07, 6.45) is 6.71. The number of carbonyl (C=O) groups is 2. The van der Waals surface area contributed by atoms with E-state index in [2.05, 4.69) is 35.6 Å². The van der Waals surface area contributed by atoms with E-state index < -0.39 is 11.9 Å². The van der Waals surface area contributed by atoms with Crippen LogP contribution in [0.5, 0.6) is 5.75 Å². The number of fused-ring (bicyclic) bond motifs is 1. The van der Waals surface area contributed by atoms with Gasteiger partial charge in [-0.15, -0.1) is 0 Å². The van der Waals surface area contributed by atoms with Gasteiger partial charge in [-0.25, -0.2) is 9.59 Å². The van der Waals surface area contributed by atoms with Crippen LogP contribution >= 0.6 is 0 Å². The van der Waals surface area contributed by atoms with Crippen molar-refractivity contribution in [2.45, 2.75) is 37.1 Å². The normalized spacial score (nSPS) is 19.2. The monoisotopic (exact) mass is 384 g/mol. The summed E-state index contributed by atoms with van der Waals surface area (Å²) in [7, 11) is 1.74. The molecule has 148 valence electrons. The third-order valence-electron chi connectivity index (χ3n) is 5.56. The van der Waals surface area contributed by atoms with E-state index >= 15 is 0 Å². The Bertz CT molecular complexity index is 837. The van der Waals surface area contributed by atoms with Crippen LogP contribution < -0.4 is 10.1 Å². The first-order valence-corrected chi connectivity index (χ1v) is 9.26. The molecule has 1 fully saturated rings. The summed E-state index contributed by atoms with van der Waals surface area (Å²) in [5.74, 6) is -2.70. The lowest BCUT2D eigenvalue weighted by Gasteiger charge is -2.49. The second-order valence-electron chi connectivity index (χ2n) is 7.04. The maximum Gasteiger partial charge on any atom is 0.414 e. The predicted octanol–water partition coefficient (Wildman–Crippen LogP) is 2.55. The Morgan fingerprint density at radius 1 is 1.18 bits per heavy atom. The highest BCUT2D eigenvalue weighted by molar-refractivity contribution is 6.27. The smallest absolute Gasteiger partial charge is 0.414 e. The van der Waals surface area contributed by atoms with Crippen LogP contribution in [-0.4, -0.2) is 40.8 Å². The van der Waals surface area contributed by atoms with E-state index in [0.717, 1.165) is 18.7 Å². The molecule has 2 aromatic rings. The highest BCUT2D eigenvalue weighted by Gasteiger charge is 2.48. The van der Waals surface area contributed by atoms with Crippen molar-refractivity contribution in [3.8, 4) is 5.75 Å². The second kappa shape index (κ2) is 8.39. The lowest BCUT2D eigenvalue weighted by Crippen LogP contribution is -2.49. The number of methoxy groups -OCH3 is 1. The number of hydrogen-bond acceptors (Lipinski definition) is 5. The lowest BCUT2D eigenvalue weighted by molar-refractivity contribution is -0.159. The summed E-state index contributed by atoms with van der Waals surface area (Å²) in [5.41, 5.74) is 4.22. The molecule has 7 nitrogen and oxygen atoms in total. The summed E-state index contributed by atoms with van der Waals surface area (Å²) in [6, 6.07) is 13.2. The van der Waals surface area contributed by atoms with Gasteiger partial charge in [-0.1, -0.05) is 18.6 Å². The number of pyridine rings is 1. The molecule has 0 saturated heterocycles. The van der Waals surface area contributed by atoms with E-state index in [9.17, 15) is 0 Å². The Kier molecular flexibility index (Phi) is 5.94. The van der Waals surface area contributed by atoms with Crippen LogP contribution in [0.25, 0.3) is 0 Å². The molecule has 7 heteroatoms. The number of ether oxygens (including phenoxy) is 1. The standard InChI is InChI=1S/C19H22N2O.C2H2O4/c1-22-15-7-6-14-8-12-21-18(16(14)13-15)19(9-4-10-19)17-5-2-3-11-20-17;3-1(4)2(5)6/h2-3,5-7,11,13,18,21H,4,8-10,12H2,1H3;(H,3,4)(H,5,6). The first kappa shape index (κ1) is 19.8. The van der Waals surface area contributed by atoms with Crippen LogP contribution in [0, 0.1) is 0 Å². The molecule has 1 atom stereocenters. The van der Waals surface area contributed by atoms with Gasteiger partial charge in [-0.3, -0.25) is 4.98 Å². The maximum absolute atomic E-state index is 9.10. The Morgan fingerprint density at radius 3 is 2.46 bits per heavy atom. The topological polar surface area (TPSA) is 109 Å². The van der Waals surface area contributed by atoms with E-state index in [4.69, 9.17) is 29.5 Å². The van der Waals surface area contributed by atoms with Crippen molar-refractivity contribution in [2.24, 2.45) is 0 Å². The van der Waals surface area contributed by atoms with Gasteiger partial charge < -0.3 is 20.3 Å². The fourth-order valence-electron chi connectivity index (χ4n) is 4.06. The molecule has 0 radical (unpaired) electrons. The van der Waals surface area contributed by atoms with Crippen molar-refractivity contribution in [3.05, 3.63) is 59.4 Å². The highest BCUT2D eigenvalue weighted by atomic mass is 16.5. The zero-order valence-corrected chi connectivity index (χ0v) is 15.7. The molecule has 1 aliphatic carbocycles. The summed E-state index contributed by atoms with van der Waals surface area (Å²) < 4.78 is 5.46. The Balaban J connectivity index is 0.000000330. The minimum absolute atomic E-state index is 0.142. The molecule has 1 aliphatic heterocycles. The van der Waals surface area contributed by atoms with Crippen LogP contribution in [-0.2, 0) is 21.4 Å². The summed E-state index contributed by atoms with van der Waals surface area (Å²) in [4.78, 5) is 22.9. The molecule has 28 heavy (non-hydrogen) atoms. The van der Waals surface area contributed by atoms with Gasteiger partial charge in [0.15, 0.2) is 0 Å². The molecule has 0 amide bonds. The van der Waals surface area contributed by atoms with Gasteiger partial charge in [-0.05, 0) is 61.2 Å². The van der Waals surface area contributed by atoms with E-state index in [-0.39, 0.29) is 5.41 Å². The van der Waals surface area contributed by atoms with E-state index in [1.54, 1.807) is 7.11 Å². The van der Waals surface area contributed by atoms with Crippen molar-refractivity contribution >= 4 is 11.9 Å². The Labute approximate surface area is 163 Å². The average molecular weight is 384 g/mol. The largest absolute Gasteiger partial charge is 0.497 e. The van der Waals surface area contributed by atoms with Crippen LogP contribution in [0.15, 0.2) is 42.6 Å². The average Bonchev–Trinajstić information content (AvgIpc) is 2.68. The summed E-state index contributed by atoms with van der Waals surface area (Å²) >= 11 is 0. The quantitative estimate of drug-likeness (QED) is 0.698. The fraction of sp³-hybridized carbons (Fsp3) is 0.381. The van der Waals surface area contributed by atoms with Crippen LogP contribution in [0.4, 0.5) is 0 Å². The van der Waals surface area contributed by atoms with Crippen LogP contribution in [0.2, 0.25) is 0 Å². The number of hydrogen-bond donors (Lipinski definition) is 3. The van der Waals surface area contributed by atoms with Gasteiger partial charge in [0, 0.05) is 23.3 Å². The number of rotatable bonds is 3. The zero-order chi connectivity index (χ0) is 20.1. The number of carboxylic acids is 2.